The third-order valence-electron chi connectivity index (χ3n) is 5.05. The van der Waals surface area contributed by atoms with Gasteiger partial charge in [0.25, 0.3) is 5.91 Å². The Morgan fingerprint density at radius 2 is 2.17 bits per heavy atom. The van der Waals surface area contributed by atoms with Gasteiger partial charge in [0, 0.05) is 19.0 Å². The molecule has 3 heterocycles. The molecular weight excluding hydrogens is 297 g/mol. The topological polar surface area (TPSA) is 54.5 Å². The lowest BCUT2D eigenvalue weighted by Gasteiger charge is -2.33. The molecule has 1 amide bonds. The minimum Gasteiger partial charge on any atom is -0.378 e. The molecule has 1 aliphatic carbocycles. The Bertz CT molecular complexity index is 629. The van der Waals surface area contributed by atoms with Crippen molar-refractivity contribution in [3.8, 4) is 0 Å². The predicted octanol–water partition coefficient (Wildman–Crippen LogP) is 1.98. The first-order chi connectivity index (χ1) is 11.1. The van der Waals surface area contributed by atoms with E-state index >= 15 is 0 Å². The van der Waals surface area contributed by atoms with Crippen LogP contribution in [0, 0.1) is 12.8 Å². The van der Waals surface area contributed by atoms with Crippen molar-refractivity contribution >= 4 is 11.7 Å². The molecule has 0 radical (unpaired) electrons. The lowest BCUT2D eigenvalue weighted by Crippen LogP contribution is -2.38. The number of rotatable bonds is 4. The molecule has 6 heteroatoms. The van der Waals surface area contributed by atoms with Crippen LogP contribution in [0.4, 0.5) is 10.2 Å². The molecule has 4 rings (SSSR count). The zero-order valence-corrected chi connectivity index (χ0v) is 13.3. The summed E-state index contributed by atoms with van der Waals surface area (Å²) in [5.41, 5.74) is 2.59. The molecule has 5 nitrogen and oxygen atoms in total. The number of pyridine rings is 1. The number of ether oxygens (including phenoxy) is 1. The zero-order valence-electron chi connectivity index (χ0n) is 13.3. The minimum atomic E-state index is -0.635. The van der Waals surface area contributed by atoms with Crippen molar-refractivity contribution in [3.63, 3.8) is 0 Å². The second kappa shape index (κ2) is 5.74. The standard InChI is InChI=1S/C17H22FN3O2/c1-10-6-13-15(8-19-17(13)22)20-16(10)21-4-2-12(3-5-21)23-9-11-7-14(11)18/h6,11-12,14H,2-5,7-9H2,1H3,(H,19,22)/t11?,14-/m1/s1. The van der Waals surface area contributed by atoms with Crippen LogP contribution in [-0.4, -0.2) is 42.9 Å². The van der Waals surface area contributed by atoms with Gasteiger partial charge in [-0.15, -0.1) is 0 Å². The Hall–Kier alpha value is -1.69. The number of aryl methyl sites for hydroxylation is 1. The van der Waals surface area contributed by atoms with Crippen LogP contribution >= 0.6 is 0 Å². The fraction of sp³-hybridized carbons (Fsp3) is 0.647. The van der Waals surface area contributed by atoms with Gasteiger partial charge in [-0.1, -0.05) is 0 Å². The molecule has 2 aliphatic heterocycles. The van der Waals surface area contributed by atoms with Gasteiger partial charge in [-0.3, -0.25) is 4.79 Å². The molecule has 2 fully saturated rings. The fourth-order valence-corrected chi connectivity index (χ4v) is 3.43. The predicted molar refractivity (Wildman–Crippen MR) is 84.3 cm³/mol. The fourth-order valence-electron chi connectivity index (χ4n) is 3.43. The highest BCUT2D eigenvalue weighted by molar-refractivity contribution is 5.98. The number of nitrogens with zero attached hydrogens (tertiary/aromatic N) is 2. The van der Waals surface area contributed by atoms with Crippen LogP contribution < -0.4 is 10.2 Å². The summed E-state index contributed by atoms with van der Waals surface area (Å²) in [6, 6.07) is 1.94. The van der Waals surface area contributed by atoms with Gasteiger partial charge in [0.2, 0.25) is 0 Å². The number of hydrogen-bond donors (Lipinski definition) is 1. The Kier molecular flexibility index (Phi) is 3.71. The van der Waals surface area contributed by atoms with Crippen molar-refractivity contribution in [2.45, 2.75) is 45.0 Å². The summed E-state index contributed by atoms with van der Waals surface area (Å²) in [7, 11) is 0. The molecule has 1 saturated heterocycles. The van der Waals surface area contributed by atoms with Crippen LogP contribution in [0.1, 0.15) is 40.9 Å². The van der Waals surface area contributed by atoms with Crippen LogP contribution in [0.15, 0.2) is 6.07 Å². The van der Waals surface area contributed by atoms with E-state index in [-0.39, 0.29) is 17.9 Å². The molecule has 2 atom stereocenters. The highest BCUT2D eigenvalue weighted by atomic mass is 19.1. The number of carbonyl (C=O) groups excluding carboxylic acids is 1. The van der Waals surface area contributed by atoms with Crippen LogP contribution in [0.5, 0.6) is 0 Å². The lowest BCUT2D eigenvalue weighted by atomic mass is 10.1. The average molecular weight is 319 g/mol. The molecule has 1 N–H and O–H groups in total. The maximum atomic E-state index is 12.9. The van der Waals surface area contributed by atoms with Gasteiger partial charge in [-0.2, -0.15) is 0 Å². The number of amides is 1. The Morgan fingerprint density at radius 3 is 2.87 bits per heavy atom. The van der Waals surface area contributed by atoms with E-state index in [1.165, 1.54) is 0 Å². The summed E-state index contributed by atoms with van der Waals surface area (Å²) in [6.07, 6.45) is 2.16. The number of alkyl halides is 1. The van der Waals surface area contributed by atoms with E-state index in [1.54, 1.807) is 0 Å². The zero-order chi connectivity index (χ0) is 16.0. The molecule has 3 aliphatic rings. The number of piperidine rings is 1. The maximum absolute atomic E-state index is 12.9. The van der Waals surface area contributed by atoms with E-state index < -0.39 is 6.17 Å². The Labute approximate surface area is 135 Å². The number of halogens is 1. The minimum absolute atomic E-state index is 0.0273. The quantitative estimate of drug-likeness (QED) is 0.922. The van der Waals surface area contributed by atoms with Crippen LogP contribution in [0.2, 0.25) is 0 Å². The summed E-state index contributed by atoms with van der Waals surface area (Å²) < 4.78 is 18.7. The van der Waals surface area contributed by atoms with Crippen molar-refractivity contribution in [1.82, 2.24) is 10.3 Å². The highest BCUT2D eigenvalue weighted by Crippen LogP contribution is 2.34. The van der Waals surface area contributed by atoms with E-state index in [0.29, 0.717) is 25.1 Å². The van der Waals surface area contributed by atoms with E-state index in [9.17, 15) is 9.18 Å². The lowest BCUT2D eigenvalue weighted by molar-refractivity contribution is 0.0274. The first kappa shape index (κ1) is 14.9. The van der Waals surface area contributed by atoms with Gasteiger partial charge in [0.15, 0.2) is 0 Å². The third kappa shape index (κ3) is 2.92. The first-order valence-electron chi connectivity index (χ1n) is 8.41. The van der Waals surface area contributed by atoms with Gasteiger partial charge >= 0.3 is 0 Å². The molecule has 1 unspecified atom stereocenters. The van der Waals surface area contributed by atoms with Crippen LogP contribution in [0.3, 0.4) is 0 Å². The SMILES string of the molecule is Cc1cc2c(nc1N1CCC(OCC3C[C@H]3F)CC1)CNC2=O. The number of hydrogen-bond acceptors (Lipinski definition) is 4. The largest absolute Gasteiger partial charge is 0.378 e. The molecule has 0 aromatic carbocycles. The first-order valence-corrected chi connectivity index (χ1v) is 8.41. The van der Waals surface area contributed by atoms with Crippen LogP contribution in [-0.2, 0) is 11.3 Å². The second-order valence-corrected chi connectivity index (χ2v) is 6.84. The molecule has 1 aromatic rings. The van der Waals surface area contributed by atoms with E-state index in [1.807, 2.05) is 13.0 Å². The molecule has 0 bridgehead atoms. The summed E-state index contributed by atoms with van der Waals surface area (Å²) in [6.45, 7) is 4.87. The van der Waals surface area contributed by atoms with E-state index in [0.717, 1.165) is 43.0 Å². The summed E-state index contributed by atoms with van der Waals surface area (Å²) >= 11 is 0. The van der Waals surface area contributed by atoms with E-state index in [2.05, 4.69) is 10.2 Å². The summed E-state index contributed by atoms with van der Waals surface area (Å²) in [5.74, 6) is 1.09. The van der Waals surface area contributed by atoms with Crippen molar-refractivity contribution in [2.24, 2.45) is 5.92 Å². The smallest absolute Gasteiger partial charge is 0.253 e. The highest BCUT2D eigenvalue weighted by Gasteiger charge is 2.38. The monoisotopic (exact) mass is 319 g/mol. The van der Waals surface area contributed by atoms with Gasteiger partial charge in [0.1, 0.15) is 12.0 Å². The second-order valence-electron chi connectivity index (χ2n) is 6.84. The number of aromatic nitrogens is 1. The molecule has 124 valence electrons. The van der Waals surface area contributed by atoms with Gasteiger partial charge < -0.3 is 15.0 Å². The molecule has 23 heavy (non-hydrogen) atoms. The number of nitrogens with one attached hydrogen (secondary N) is 1. The number of carbonyl (C=O) groups is 1. The number of fused-ring (bicyclic) bond motifs is 1. The molecular formula is C17H22FN3O2. The molecule has 1 saturated carbocycles. The third-order valence-corrected chi connectivity index (χ3v) is 5.05. The van der Waals surface area contributed by atoms with Gasteiger partial charge in [-0.25, -0.2) is 9.37 Å². The van der Waals surface area contributed by atoms with E-state index in [4.69, 9.17) is 9.72 Å². The summed E-state index contributed by atoms with van der Waals surface area (Å²) in [5, 5.41) is 2.82. The maximum Gasteiger partial charge on any atom is 0.253 e. The molecule has 0 spiro atoms. The normalized spacial score (nSPS) is 27.0. The van der Waals surface area contributed by atoms with Gasteiger partial charge in [-0.05, 0) is 37.8 Å². The van der Waals surface area contributed by atoms with Crippen molar-refractivity contribution in [3.05, 3.63) is 22.9 Å². The Morgan fingerprint density at radius 1 is 1.43 bits per heavy atom. The van der Waals surface area contributed by atoms with Gasteiger partial charge in [0.05, 0.1) is 30.5 Å². The van der Waals surface area contributed by atoms with Crippen LogP contribution in [0.25, 0.3) is 0 Å². The van der Waals surface area contributed by atoms with Crippen molar-refractivity contribution in [2.75, 3.05) is 24.6 Å². The average Bonchev–Trinajstić information content (AvgIpc) is 3.16. The summed E-state index contributed by atoms with van der Waals surface area (Å²) in [4.78, 5) is 18.7. The molecule has 1 aromatic heterocycles. The number of anilines is 1. The Balaban J connectivity index is 1.37. The van der Waals surface area contributed by atoms with Crippen molar-refractivity contribution < 1.29 is 13.9 Å². The van der Waals surface area contributed by atoms with Crippen molar-refractivity contribution in [1.29, 1.82) is 0 Å².